The summed E-state index contributed by atoms with van der Waals surface area (Å²) in [5, 5.41) is 14.0. The lowest BCUT2D eigenvalue weighted by atomic mass is 9.91. The van der Waals surface area contributed by atoms with Gasteiger partial charge in [0.25, 0.3) is 0 Å². The van der Waals surface area contributed by atoms with E-state index in [0.717, 1.165) is 36.6 Å². The molecule has 2 N–H and O–H groups in total. The van der Waals surface area contributed by atoms with Gasteiger partial charge in [-0.1, -0.05) is 13.8 Å². The topological polar surface area (TPSA) is 58.0 Å². The molecule has 0 aliphatic rings. The second kappa shape index (κ2) is 8.45. The molecule has 0 bridgehead atoms. The largest absolute Gasteiger partial charge is 0.394 e. The number of nitrogens with one attached hydrogen (secondary N) is 1. The maximum atomic E-state index is 9.53. The van der Waals surface area contributed by atoms with Gasteiger partial charge in [0.2, 0.25) is 0 Å². The number of rotatable bonds is 9. The van der Waals surface area contributed by atoms with Crippen molar-refractivity contribution in [2.75, 3.05) is 18.9 Å². The van der Waals surface area contributed by atoms with Crippen LogP contribution in [0.4, 0.5) is 0 Å². The SMILES string of the molecule is CCNC(CC)(CO)CCCSc1ccncn1. The molecule has 1 heterocycles. The molecule has 0 saturated heterocycles. The third-order valence-corrected chi connectivity index (χ3v) is 4.17. The molecule has 0 spiro atoms. The summed E-state index contributed by atoms with van der Waals surface area (Å²) < 4.78 is 0. The van der Waals surface area contributed by atoms with E-state index in [4.69, 9.17) is 0 Å². The van der Waals surface area contributed by atoms with Crippen LogP contribution in [-0.4, -0.2) is 39.5 Å². The molecule has 1 aromatic heterocycles. The molecule has 0 radical (unpaired) electrons. The van der Waals surface area contributed by atoms with Gasteiger partial charge in [0.15, 0.2) is 0 Å². The summed E-state index contributed by atoms with van der Waals surface area (Å²) in [7, 11) is 0. The van der Waals surface area contributed by atoms with Gasteiger partial charge in [-0.2, -0.15) is 0 Å². The minimum Gasteiger partial charge on any atom is -0.394 e. The van der Waals surface area contributed by atoms with Gasteiger partial charge >= 0.3 is 0 Å². The number of hydrogen-bond acceptors (Lipinski definition) is 5. The predicted octanol–water partition coefficient (Wildman–Crippen LogP) is 2.10. The Morgan fingerprint density at radius 1 is 1.44 bits per heavy atom. The van der Waals surface area contributed by atoms with Gasteiger partial charge < -0.3 is 10.4 Å². The first-order valence-electron chi connectivity index (χ1n) is 6.51. The molecule has 1 rings (SSSR count). The first-order valence-corrected chi connectivity index (χ1v) is 7.49. The Labute approximate surface area is 114 Å². The summed E-state index contributed by atoms with van der Waals surface area (Å²) in [6.45, 7) is 5.30. The van der Waals surface area contributed by atoms with Gasteiger partial charge in [-0.3, -0.25) is 0 Å². The summed E-state index contributed by atoms with van der Waals surface area (Å²) in [4.78, 5) is 8.07. The molecule has 18 heavy (non-hydrogen) atoms. The van der Waals surface area contributed by atoms with Crippen LogP contribution in [0.15, 0.2) is 23.6 Å². The quantitative estimate of drug-likeness (QED) is 0.408. The zero-order chi connectivity index (χ0) is 13.3. The zero-order valence-electron chi connectivity index (χ0n) is 11.2. The standard InChI is InChI=1S/C13H23N3OS/c1-3-13(10-17,16-4-2)7-5-9-18-12-6-8-14-11-15-12/h6,8,11,16-17H,3-5,7,9-10H2,1-2H3. The number of likely N-dealkylation sites (N-methyl/N-ethyl adjacent to an activating group) is 1. The molecule has 0 fully saturated rings. The number of nitrogens with zero attached hydrogens (tertiary/aromatic N) is 2. The Bertz CT molecular complexity index is 317. The van der Waals surface area contributed by atoms with Gasteiger partial charge in [0.1, 0.15) is 6.33 Å². The molecular weight excluding hydrogens is 246 g/mol. The van der Waals surface area contributed by atoms with Crippen molar-refractivity contribution < 1.29 is 5.11 Å². The number of aromatic nitrogens is 2. The highest BCUT2D eigenvalue weighted by atomic mass is 32.2. The van der Waals surface area contributed by atoms with Crippen molar-refractivity contribution in [1.29, 1.82) is 0 Å². The monoisotopic (exact) mass is 269 g/mol. The van der Waals surface area contributed by atoms with Crippen LogP contribution in [0.3, 0.4) is 0 Å². The average molecular weight is 269 g/mol. The number of thioether (sulfide) groups is 1. The molecule has 1 unspecified atom stereocenters. The van der Waals surface area contributed by atoms with Gasteiger partial charge in [0.05, 0.1) is 11.6 Å². The van der Waals surface area contributed by atoms with Gasteiger partial charge in [0, 0.05) is 11.7 Å². The fraction of sp³-hybridized carbons (Fsp3) is 0.692. The van der Waals surface area contributed by atoms with Crippen molar-refractivity contribution in [3.05, 3.63) is 18.6 Å². The van der Waals surface area contributed by atoms with Crippen molar-refractivity contribution in [3.8, 4) is 0 Å². The van der Waals surface area contributed by atoms with Crippen LogP contribution in [0.5, 0.6) is 0 Å². The van der Waals surface area contributed by atoms with Crippen LogP contribution in [0, 0.1) is 0 Å². The van der Waals surface area contributed by atoms with Crippen LogP contribution in [0.1, 0.15) is 33.1 Å². The van der Waals surface area contributed by atoms with E-state index < -0.39 is 0 Å². The Kier molecular flexibility index (Phi) is 7.23. The summed E-state index contributed by atoms with van der Waals surface area (Å²) in [5.74, 6) is 1.02. The summed E-state index contributed by atoms with van der Waals surface area (Å²) >= 11 is 1.74. The van der Waals surface area contributed by atoms with Crippen LogP contribution in [0.25, 0.3) is 0 Å². The second-order valence-electron chi connectivity index (χ2n) is 4.32. The van der Waals surface area contributed by atoms with E-state index in [9.17, 15) is 5.11 Å². The number of aliphatic hydroxyl groups excluding tert-OH is 1. The van der Waals surface area contributed by atoms with E-state index in [1.165, 1.54) is 0 Å². The lowest BCUT2D eigenvalue weighted by molar-refractivity contribution is 0.148. The zero-order valence-corrected chi connectivity index (χ0v) is 12.0. The van der Waals surface area contributed by atoms with Crippen LogP contribution in [-0.2, 0) is 0 Å². The van der Waals surface area contributed by atoms with Crippen molar-refractivity contribution in [2.24, 2.45) is 0 Å². The van der Waals surface area contributed by atoms with Gasteiger partial charge in [-0.05, 0) is 37.6 Å². The third kappa shape index (κ3) is 4.92. The molecule has 0 aliphatic heterocycles. The second-order valence-corrected chi connectivity index (χ2v) is 5.44. The summed E-state index contributed by atoms with van der Waals surface area (Å²) in [6, 6.07) is 1.92. The molecule has 0 aliphatic carbocycles. The fourth-order valence-electron chi connectivity index (χ4n) is 1.96. The first kappa shape index (κ1) is 15.4. The lowest BCUT2D eigenvalue weighted by Gasteiger charge is -2.31. The molecule has 0 saturated carbocycles. The van der Waals surface area contributed by atoms with E-state index in [1.54, 1.807) is 24.3 Å². The lowest BCUT2D eigenvalue weighted by Crippen LogP contribution is -2.48. The van der Waals surface area contributed by atoms with Crippen molar-refractivity contribution in [3.63, 3.8) is 0 Å². The van der Waals surface area contributed by atoms with Gasteiger partial charge in [-0.25, -0.2) is 9.97 Å². The Balaban J connectivity index is 2.31. The van der Waals surface area contributed by atoms with E-state index >= 15 is 0 Å². The van der Waals surface area contributed by atoms with E-state index in [2.05, 4.69) is 29.1 Å². The Morgan fingerprint density at radius 2 is 2.28 bits per heavy atom. The molecular formula is C13H23N3OS. The van der Waals surface area contributed by atoms with E-state index in [1.807, 2.05) is 6.07 Å². The van der Waals surface area contributed by atoms with Crippen molar-refractivity contribution in [1.82, 2.24) is 15.3 Å². The van der Waals surface area contributed by atoms with Crippen molar-refractivity contribution in [2.45, 2.75) is 43.7 Å². The highest BCUT2D eigenvalue weighted by Crippen LogP contribution is 2.21. The fourth-order valence-corrected chi connectivity index (χ4v) is 2.74. The Hall–Kier alpha value is -0.650. The molecule has 102 valence electrons. The van der Waals surface area contributed by atoms with Gasteiger partial charge in [-0.15, -0.1) is 11.8 Å². The summed E-state index contributed by atoms with van der Waals surface area (Å²) in [5.41, 5.74) is -0.110. The summed E-state index contributed by atoms with van der Waals surface area (Å²) in [6.07, 6.45) is 6.35. The van der Waals surface area contributed by atoms with E-state index in [-0.39, 0.29) is 12.1 Å². The minimum atomic E-state index is -0.110. The predicted molar refractivity (Wildman–Crippen MR) is 75.8 cm³/mol. The third-order valence-electron chi connectivity index (χ3n) is 3.14. The average Bonchev–Trinajstić information content (AvgIpc) is 2.43. The smallest absolute Gasteiger partial charge is 0.116 e. The van der Waals surface area contributed by atoms with Crippen LogP contribution < -0.4 is 5.32 Å². The highest BCUT2D eigenvalue weighted by molar-refractivity contribution is 7.99. The van der Waals surface area contributed by atoms with Crippen LogP contribution >= 0.6 is 11.8 Å². The maximum absolute atomic E-state index is 9.53. The normalized spacial score (nSPS) is 14.4. The molecule has 0 aromatic carbocycles. The maximum Gasteiger partial charge on any atom is 0.116 e. The molecule has 1 aromatic rings. The van der Waals surface area contributed by atoms with Crippen LogP contribution in [0.2, 0.25) is 0 Å². The molecule has 5 heteroatoms. The highest BCUT2D eigenvalue weighted by Gasteiger charge is 2.25. The Morgan fingerprint density at radius 3 is 2.83 bits per heavy atom. The number of hydrogen-bond donors (Lipinski definition) is 2. The molecule has 0 amide bonds. The minimum absolute atomic E-state index is 0.110. The first-order chi connectivity index (χ1) is 8.76. The molecule has 4 nitrogen and oxygen atoms in total. The van der Waals surface area contributed by atoms with E-state index in [0.29, 0.717) is 0 Å². The number of aliphatic hydroxyl groups is 1. The molecule has 1 atom stereocenters. The van der Waals surface area contributed by atoms with Crippen molar-refractivity contribution >= 4 is 11.8 Å².